The SMILES string of the molecule is CSCC[C@H](N)c1nc(C2SCCSC2C)no1. The summed E-state index contributed by atoms with van der Waals surface area (Å²) in [6.45, 7) is 2.23. The summed E-state index contributed by atoms with van der Waals surface area (Å²) < 4.78 is 5.31. The van der Waals surface area contributed by atoms with Gasteiger partial charge in [0.15, 0.2) is 5.82 Å². The average molecular weight is 305 g/mol. The fourth-order valence-electron chi connectivity index (χ4n) is 1.80. The van der Waals surface area contributed by atoms with E-state index in [9.17, 15) is 0 Å². The molecule has 0 aliphatic carbocycles. The van der Waals surface area contributed by atoms with Gasteiger partial charge in [-0.1, -0.05) is 12.1 Å². The lowest BCUT2D eigenvalue weighted by Gasteiger charge is -2.24. The number of aromatic nitrogens is 2. The van der Waals surface area contributed by atoms with E-state index in [0.717, 1.165) is 23.8 Å². The Morgan fingerprint density at radius 3 is 3.00 bits per heavy atom. The third-order valence-corrected chi connectivity index (χ3v) is 6.58. The smallest absolute Gasteiger partial charge is 0.243 e. The zero-order valence-corrected chi connectivity index (χ0v) is 13.1. The normalized spacial score (nSPS) is 26.2. The van der Waals surface area contributed by atoms with Crippen molar-refractivity contribution in [3.63, 3.8) is 0 Å². The van der Waals surface area contributed by atoms with E-state index < -0.39 is 0 Å². The van der Waals surface area contributed by atoms with E-state index in [1.165, 1.54) is 5.75 Å². The van der Waals surface area contributed by atoms with Crippen molar-refractivity contribution in [2.45, 2.75) is 29.9 Å². The summed E-state index contributed by atoms with van der Waals surface area (Å²) in [6, 6.07) is -0.129. The first-order valence-corrected chi connectivity index (χ1v) is 9.52. The summed E-state index contributed by atoms with van der Waals surface area (Å²) in [5, 5.41) is 4.99. The molecule has 0 saturated carbocycles. The van der Waals surface area contributed by atoms with Crippen LogP contribution < -0.4 is 5.73 Å². The lowest BCUT2D eigenvalue weighted by molar-refractivity contribution is 0.348. The first-order chi connectivity index (χ1) is 8.72. The van der Waals surface area contributed by atoms with Crippen molar-refractivity contribution < 1.29 is 4.52 Å². The molecule has 0 radical (unpaired) electrons. The predicted octanol–water partition coefficient (Wildman–Crippen LogP) is 2.73. The van der Waals surface area contributed by atoms with Gasteiger partial charge in [0.25, 0.3) is 0 Å². The second-order valence-electron chi connectivity index (χ2n) is 4.25. The number of thioether (sulfide) groups is 3. The minimum Gasteiger partial charge on any atom is -0.338 e. The van der Waals surface area contributed by atoms with Crippen molar-refractivity contribution in [3.8, 4) is 0 Å². The summed E-state index contributed by atoms with van der Waals surface area (Å²) in [5.74, 6) is 4.78. The molecular formula is C11H19N3OS3. The highest BCUT2D eigenvalue weighted by atomic mass is 32.2. The van der Waals surface area contributed by atoms with Gasteiger partial charge in [0, 0.05) is 16.8 Å². The number of hydrogen-bond donors (Lipinski definition) is 1. The molecule has 1 saturated heterocycles. The van der Waals surface area contributed by atoms with Gasteiger partial charge in [0.1, 0.15) is 0 Å². The molecule has 0 aromatic carbocycles. The maximum atomic E-state index is 6.04. The van der Waals surface area contributed by atoms with Gasteiger partial charge in [-0.3, -0.25) is 0 Å². The Bertz CT molecular complexity index is 374. The molecule has 2 heterocycles. The van der Waals surface area contributed by atoms with Gasteiger partial charge < -0.3 is 10.3 Å². The van der Waals surface area contributed by atoms with Crippen molar-refractivity contribution in [2.24, 2.45) is 5.73 Å². The van der Waals surface area contributed by atoms with Gasteiger partial charge in [0.2, 0.25) is 5.89 Å². The maximum absolute atomic E-state index is 6.04. The van der Waals surface area contributed by atoms with E-state index in [0.29, 0.717) is 16.4 Å². The molecular weight excluding hydrogens is 286 g/mol. The first kappa shape index (κ1) is 14.6. The first-order valence-electron chi connectivity index (χ1n) is 6.03. The van der Waals surface area contributed by atoms with E-state index in [1.807, 2.05) is 23.5 Å². The predicted molar refractivity (Wildman–Crippen MR) is 81.3 cm³/mol. The Balaban J connectivity index is 2.00. The largest absolute Gasteiger partial charge is 0.338 e. The molecule has 2 unspecified atom stereocenters. The van der Waals surface area contributed by atoms with Gasteiger partial charge in [0.05, 0.1) is 11.3 Å². The summed E-state index contributed by atoms with van der Waals surface area (Å²) >= 11 is 5.67. The highest BCUT2D eigenvalue weighted by Gasteiger charge is 2.29. The third kappa shape index (κ3) is 3.59. The highest BCUT2D eigenvalue weighted by molar-refractivity contribution is 8.06. The number of rotatable bonds is 5. The third-order valence-electron chi connectivity index (χ3n) is 2.85. The standard InChI is InChI=1S/C11H19N3OS3/c1-7-9(18-6-5-17-7)10-13-11(15-14-10)8(12)3-4-16-2/h7-9H,3-6,12H2,1-2H3/t7?,8-,9?/m0/s1. The molecule has 102 valence electrons. The molecule has 2 rings (SSSR count). The van der Waals surface area contributed by atoms with Crippen LogP contribution >= 0.6 is 35.3 Å². The van der Waals surface area contributed by atoms with Gasteiger partial charge >= 0.3 is 0 Å². The summed E-state index contributed by atoms with van der Waals surface area (Å²) in [7, 11) is 0. The van der Waals surface area contributed by atoms with Crippen molar-refractivity contribution >= 4 is 35.3 Å². The van der Waals surface area contributed by atoms with Gasteiger partial charge in [-0.2, -0.15) is 28.5 Å². The molecule has 1 aliphatic rings. The lowest BCUT2D eigenvalue weighted by Crippen LogP contribution is -2.17. The van der Waals surface area contributed by atoms with Crippen LogP contribution in [-0.4, -0.2) is 38.9 Å². The van der Waals surface area contributed by atoms with E-state index >= 15 is 0 Å². The zero-order valence-electron chi connectivity index (χ0n) is 10.7. The number of hydrogen-bond acceptors (Lipinski definition) is 7. The number of nitrogens with zero attached hydrogens (tertiary/aromatic N) is 2. The topological polar surface area (TPSA) is 64.9 Å². The van der Waals surface area contributed by atoms with Crippen LogP contribution in [0.5, 0.6) is 0 Å². The van der Waals surface area contributed by atoms with E-state index in [4.69, 9.17) is 10.3 Å². The molecule has 0 spiro atoms. The van der Waals surface area contributed by atoms with Crippen LogP contribution in [0.15, 0.2) is 4.52 Å². The molecule has 1 fully saturated rings. The molecule has 18 heavy (non-hydrogen) atoms. The quantitative estimate of drug-likeness (QED) is 0.897. The van der Waals surface area contributed by atoms with Crippen molar-refractivity contribution in [1.82, 2.24) is 10.1 Å². The van der Waals surface area contributed by atoms with E-state index in [1.54, 1.807) is 11.8 Å². The molecule has 2 N–H and O–H groups in total. The average Bonchev–Trinajstić information content (AvgIpc) is 2.86. The molecule has 0 amide bonds. The fraction of sp³-hybridized carbons (Fsp3) is 0.818. The second kappa shape index (κ2) is 7.07. The highest BCUT2D eigenvalue weighted by Crippen LogP contribution is 2.41. The summed E-state index contributed by atoms with van der Waals surface area (Å²) in [5.41, 5.74) is 6.04. The maximum Gasteiger partial charge on any atom is 0.243 e. The molecule has 7 heteroatoms. The van der Waals surface area contributed by atoms with Gasteiger partial charge in [-0.05, 0) is 18.4 Å². The minimum atomic E-state index is -0.129. The molecule has 4 nitrogen and oxygen atoms in total. The Labute approximate surface area is 121 Å². The Kier molecular flexibility index (Phi) is 5.72. The van der Waals surface area contributed by atoms with Crippen molar-refractivity contribution in [3.05, 3.63) is 11.7 Å². The molecule has 1 aromatic heterocycles. The van der Waals surface area contributed by atoms with Crippen molar-refractivity contribution in [1.29, 1.82) is 0 Å². The van der Waals surface area contributed by atoms with Crippen LogP contribution in [-0.2, 0) is 0 Å². The number of nitrogens with two attached hydrogens (primary N) is 1. The van der Waals surface area contributed by atoms with Crippen LogP contribution in [0.2, 0.25) is 0 Å². The fourth-order valence-corrected chi connectivity index (χ4v) is 4.97. The molecule has 1 aromatic rings. The van der Waals surface area contributed by atoms with Crippen LogP contribution in [0.1, 0.15) is 36.4 Å². The molecule has 0 bridgehead atoms. The van der Waals surface area contributed by atoms with Crippen LogP contribution in [0.3, 0.4) is 0 Å². The monoisotopic (exact) mass is 305 g/mol. The Hall–Kier alpha value is 0.150. The van der Waals surface area contributed by atoms with E-state index in [-0.39, 0.29) is 6.04 Å². The Morgan fingerprint density at radius 2 is 2.28 bits per heavy atom. The minimum absolute atomic E-state index is 0.129. The summed E-state index contributed by atoms with van der Waals surface area (Å²) in [4.78, 5) is 4.49. The molecule has 1 aliphatic heterocycles. The van der Waals surface area contributed by atoms with Crippen LogP contribution in [0, 0.1) is 0 Å². The second-order valence-corrected chi connectivity index (χ2v) is 7.97. The van der Waals surface area contributed by atoms with Crippen molar-refractivity contribution in [2.75, 3.05) is 23.5 Å². The van der Waals surface area contributed by atoms with E-state index in [2.05, 4.69) is 23.3 Å². The van der Waals surface area contributed by atoms with Gasteiger partial charge in [-0.15, -0.1) is 11.8 Å². The Morgan fingerprint density at radius 1 is 1.50 bits per heavy atom. The molecule has 3 atom stereocenters. The van der Waals surface area contributed by atoms with Crippen LogP contribution in [0.25, 0.3) is 0 Å². The van der Waals surface area contributed by atoms with Crippen LogP contribution in [0.4, 0.5) is 0 Å². The lowest BCUT2D eigenvalue weighted by atomic mass is 10.2. The van der Waals surface area contributed by atoms with Gasteiger partial charge in [-0.25, -0.2) is 0 Å². The zero-order chi connectivity index (χ0) is 13.0. The summed E-state index contributed by atoms with van der Waals surface area (Å²) in [6.07, 6.45) is 2.95.